The van der Waals surface area contributed by atoms with Crippen molar-refractivity contribution in [3.8, 4) is 6.07 Å². The van der Waals surface area contributed by atoms with E-state index in [2.05, 4.69) is 35.4 Å². The summed E-state index contributed by atoms with van der Waals surface area (Å²) in [5, 5.41) is 12.7. The van der Waals surface area contributed by atoms with Gasteiger partial charge in [0.1, 0.15) is 11.9 Å². The lowest BCUT2D eigenvalue weighted by Crippen LogP contribution is -2.66. The fourth-order valence-electron chi connectivity index (χ4n) is 3.73. The molecular weight excluding hydrogens is 264 g/mol. The number of aromatic nitrogens is 1. The maximum absolute atomic E-state index is 9.13. The molecule has 1 aliphatic heterocycles. The first-order valence-electron chi connectivity index (χ1n) is 7.46. The fourth-order valence-corrected chi connectivity index (χ4v) is 3.73. The highest BCUT2D eigenvalue weighted by atomic mass is 16.5. The van der Waals surface area contributed by atoms with E-state index in [4.69, 9.17) is 10.00 Å². The van der Waals surface area contributed by atoms with Crippen LogP contribution >= 0.6 is 0 Å². The lowest BCUT2D eigenvalue weighted by atomic mass is 9.71. The Hall–Kier alpha value is -1.64. The number of ether oxygens (including phenoxy) is 1. The SMILES string of the molecule is Cc1cc(N[C@H]2[C@H]3CCO[C@H]3[C@@H]2N(C)C)nc(C)c1C#N. The molecule has 5 nitrogen and oxygen atoms in total. The Kier molecular flexibility index (Phi) is 3.60. The maximum Gasteiger partial charge on any atom is 0.126 e. The quantitative estimate of drug-likeness (QED) is 0.916. The summed E-state index contributed by atoms with van der Waals surface area (Å²) in [4.78, 5) is 6.77. The van der Waals surface area contributed by atoms with Crippen LogP contribution in [-0.4, -0.2) is 48.8 Å². The lowest BCUT2D eigenvalue weighted by molar-refractivity contribution is -0.0516. The fraction of sp³-hybridized carbons (Fsp3) is 0.625. The Morgan fingerprint density at radius 1 is 1.43 bits per heavy atom. The number of nitrogens with zero attached hydrogens (tertiary/aromatic N) is 3. The Morgan fingerprint density at radius 3 is 2.81 bits per heavy atom. The zero-order valence-electron chi connectivity index (χ0n) is 13.1. The normalized spacial score (nSPS) is 30.7. The van der Waals surface area contributed by atoms with Crippen LogP contribution in [0, 0.1) is 31.1 Å². The molecule has 0 amide bonds. The molecule has 4 atom stereocenters. The molecule has 1 saturated carbocycles. The number of anilines is 1. The minimum Gasteiger partial charge on any atom is -0.376 e. The largest absolute Gasteiger partial charge is 0.376 e. The van der Waals surface area contributed by atoms with Gasteiger partial charge >= 0.3 is 0 Å². The average Bonchev–Trinajstić information content (AvgIpc) is 2.79. The van der Waals surface area contributed by atoms with E-state index in [0.717, 1.165) is 30.1 Å². The Labute approximate surface area is 125 Å². The number of nitriles is 1. The van der Waals surface area contributed by atoms with E-state index in [1.807, 2.05) is 19.9 Å². The van der Waals surface area contributed by atoms with E-state index in [-0.39, 0.29) is 0 Å². The highest BCUT2D eigenvalue weighted by Crippen LogP contribution is 2.42. The predicted octanol–water partition coefficient (Wildman–Crippen LogP) is 1.70. The van der Waals surface area contributed by atoms with Crippen LogP contribution in [-0.2, 0) is 4.74 Å². The molecule has 0 aromatic carbocycles. The van der Waals surface area contributed by atoms with Crippen LogP contribution in [0.2, 0.25) is 0 Å². The summed E-state index contributed by atoms with van der Waals surface area (Å²) >= 11 is 0. The third-order valence-corrected chi connectivity index (χ3v) is 4.77. The van der Waals surface area contributed by atoms with Crippen molar-refractivity contribution < 1.29 is 4.74 Å². The molecule has 1 saturated heterocycles. The monoisotopic (exact) mass is 286 g/mol. The molecule has 0 radical (unpaired) electrons. The summed E-state index contributed by atoms with van der Waals surface area (Å²) in [6.45, 7) is 4.71. The van der Waals surface area contributed by atoms with Crippen molar-refractivity contribution in [1.29, 1.82) is 5.26 Å². The van der Waals surface area contributed by atoms with E-state index < -0.39 is 0 Å². The van der Waals surface area contributed by atoms with Crippen LogP contribution in [0.15, 0.2) is 6.07 Å². The highest BCUT2D eigenvalue weighted by Gasteiger charge is 2.54. The number of hydrogen-bond acceptors (Lipinski definition) is 5. The van der Waals surface area contributed by atoms with Gasteiger partial charge in [0.25, 0.3) is 0 Å². The van der Waals surface area contributed by atoms with Gasteiger partial charge in [-0.25, -0.2) is 4.98 Å². The molecule has 1 aliphatic carbocycles. The molecule has 0 bridgehead atoms. The van der Waals surface area contributed by atoms with Gasteiger partial charge in [-0.2, -0.15) is 5.26 Å². The first-order valence-corrected chi connectivity index (χ1v) is 7.46. The van der Waals surface area contributed by atoms with Crippen molar-refractivity contribution in [2.75, 3.05) is 26.0 Å². The number of likely N-dealkylation sites (N-methyl/N-ethyl adjacent to an activating group) is 1. The first-order chi connectivity index (χ1) is 10.0. The number of fused-ring (bicyclic) bond motifs is 1. The Morgan fingerprint density at radius 2 is 2.19 bits per heavy atom. The van der Waals surface area contributed by atoms with Crippen LogP contribution in [0.25, 0.3) is 0 Å². The summed E-state index contributed by atoms with van der Waals surface area (Å²) in [6.07, 6.45) is 1.46. The molecule has 5 heteroatoms. The summed E-state index contributed by atoms with van der Waals surface area (Å²) in [5.74, 6) is 1.43. The van der Waals surface area contributed by atoms with E-state index >= 15 is 0 Å². The molecule has 21 heavy (non-hydrogen) atoms. The summed E-state index contributed by atoms with van der Waals surface area (Å²) in [7, 11) is 4.19. The molecular formula is C16H22N4O. The van der Waals surface area contributed by atoms with Gasteiger partial charge in [0, 0.05) is 12.5 Å². The van der Waals surface area contributed by atoms with Gasteiger partial charge in [0.05, 0.1) is 29.4 Å². The van der Waals surface area contributed by atoms with Crippen molar-refractivity contribution in [3.63, 3.8) is 0 Å². The third-order valence-electron chi connectivity index (χ3n) is 4.77. The van der Waals surface area contributed by atoms with Crippen LogP contribution in [0.3, 0.4) is 0 Å². The second kappa shape index (κ2) is 5.28. The van der Waals surface area contributed by atoms with Crippen LogP contribution in [0.5, 0.6) is 0 Å². The second-order valence-electron chi connectivity index (χ2n) is 6.31. The van der Waals surface area contributed by atoms with E-state index in [1.165, 1.54) is 0 Å². The van der Waals surface area contributed by atoms with Crippen molar-refractivity contribution in [1.82, 2.24) is 9.88 Å². The topological polar surface area (TPSA) is 61.2 Å². The van der Waals surface area contributed by atoms with E-state index in [9.17, 15) is 0 Å². The third kappa shape index (κ3) is 2.29. The Balaban J connectivity index is 1.82. The summed E-state index contributed by atoms with van der Waals surface area (Å²) in [6, 6.07) is 4.94. The van der Waals surface area contributed by atoms with Gasteiger partial charge in [-0.3, -0.25) is 0 Å². The van der Waals surface area contributed by atoms with Crippen molar-refractivity contribution >= 4 is 5.82 Å². The molecule has 0 unspecified atom stereocenters. The van der Waals surface area contributed by atoms with Crippen LogP contribution < -0.4 is 5.32 Å². The van der Waals surface area contributed by atoms with Gasteiger partial charge in [-0.05, 0) is 46.0 Å². The number of aryl methyl sites for hydroxylation is 2. The minimum absolute atomic E-state index is 0.345. The number of hydrogen-bond donors (Lipinski definition) is 1. The van der Waals surface area contributed by atoms with Crippen molar-refractivity contribution in [2.45, 2.75) is 38.5 Å². The molecule has 2 aliphatic rings. The molecule has 1 aromatic rings. The molecule has 2 fully saturated rings. The van der Waals surface area contributed by atoms with Gasteiger partial charge in [0.15, 0.2) is 0 Å². The van der Waals surface area contributed by atoms with Gasteiger partial charge in [-0.1, -0.05) is 0 Å². The smallest absolute Gasteiger partial charge is 0.126 e. The highest BCUT2D eigenvalue weighted by molar-refractivity contribution is 5.50. The molecule has 0 spiro atoms. The van der Waals surface area contributed by atoms with Crippen molar-refractivity contribution in [3.05, 3.63) is 22.9 Å². The lowest BCUT2D eigenvalue weighted by Gasteiger charge is -2.51. The summed E-state index contributed by atoms with van der Waals surface area (Å²) < 4.78 is 5.83. The number of pyridine rings is 1. The molecule has 1 N–H and O–H groups in total. The van der Waals surface area contributed by atoms with E-state index in [1.54, 1.807) is 0 Å². The van der Waals surface area contributed by atoms with Crippen molar-refractivity contribution in [2.24, 2.45) is 5.92 Å². The zero-order chi connectivity index (χ0) is 15.1. The van der Waals surface area contributed by atoms with Gasteiger partial charge in [-0.15, -0.1) is 0 Å². The number of rotatable bonds is 3. The standard InChI is InChI=1S/C16H22N4O/c1-9-7-13(18-10(2)12(9)8-17)19-14-11-5-6-21-16(11)15(14)20(3)4/h7,11,14-16H,5-6H2,1-4H3,(H,18,19)/t11-,14+,15-,16-/m1/s1. The van der Waals surface area contributed by atoms with E-state index in [0.29, 0.717) is 29.7 Å². The zero-order valence-corrected chi connectivity index (χ0v) is 13.1. The first kappa shape index (κ1) is 14.3. The van der Waals surface area contributed by atoms with Crippen LogP contribution in [0.1, 0.15) is 23.2 Å². The Bertz CT molecular complexity index is 569. The molecule has 3 rings (SSSR count). The molecule has 1 aromatic heterocycles. The predicted molar refractivity (Wildman–Crippen MR) is 81.2 cm³/mol. The van der Waals surface area contributed by atoms with Gasteiger partial charge < -0.3 is 15.0 Å². The second-order valence-corrected chi connectivity index (χ2v) is 6.31. The average molecular weight is 286 g/mol. The molecule has 2 heterocycles. The summed E-state index contributed by atoms with van der Waals surface area (Å²) in [5.41, 5.74) is 2.45. The number of nitrogens with one attached hydrogen (secondary N) is 1. The molecule has 112 valence electrons. The van der Waals surface area contributed by atoms with Crippen LogP contribution in [0.4, 0.5) is 5.82 Å². The maximum atomic E-state index is 9.13. The van der Waals surface area contributed by atoms with Gasteiger partial charge in [0.2, 0.25) is 0 Å². The minimum atomic E-state index is 0.345.